The van der Waals surface area contributed by atoms with E-state index in [0.29, 0.717) is 12.2 Å². The number of rotatable bonds is 4. The Bertz CT molecular complexity index is 815. The second kappa shape index (κ2) is 6.13. The number of fused-ring (bicyclic) bond motifs is 1. The van der Waals surface area contributed by atoms with Crippen molar-refractivity contribution in [3.8, 4) is 0 Å². The smallest absolute Gasteiger partial charge is 0.240 e. The lowest BCUT2D eigenvalue weighted by molar-refractivity contribution is -0.116. The lowest BCUT2D eigenvalue weighted by Gasteiger charge is -2.28. The van der Waals surface area contributed by atoms with Gasteiger partial charge in [0.2, 0.25) is 15.9 Å². The van der Waals surface area contributed by atoms with Crippen molar-refractivity contribution in [1.29, 1.82) is 0 Å². The van der Waals surface area contributed by atoms with Gasteiger partial charge in [0.15, 0.2) is 6.39 Å². The van der Waals surface area contributed by atoms with Crippen LogP contribution in [-0.2, 0) is 27.8 Å². The van der Waals surface area contributed by atoms with Crippen molar-refractivity contribution in [2.24, 2.45) is 0 Å². The number of aryl methyl sites for hydroxylation is 1. The van der Waals surface area contributed by atoms with Crippen molar-refractivity contribution in [2.45, 2.75) is 31.2 Å². The molecule has 23 heavy (non-hydrogen) atoms. The molecule has 7 nitrogen and oxygen atoms in total. The molecule has 3 rings (SSSR count). The molecule has 0 radical (unpaired) electrons. The highest BCUT2D eigenvalue weighted by Crippen LogP contribution is 2.29. The van der Waals surface area contributed by atoms with Gasteiger partial charge < -0.3 is 9.32 Å². The molecule has 0 aliphatic carbocycles. The van der Waals surface area contributed by atoms with Gasteiger partial charge in [-0.15, -0.1) is 0 Å². The van der Waals surface area contributed by atoms with Gasteiger partial charge in [-0.1, -0.05) is 0 Å². The number of nitrogens with one attached hydrogen (secondary N) is 1. The van der Waals surface area contributed by atoms with E-state index >= 15 is 0 Å². The third kappa shape index (κ3) is 3.27. The fourth-order valence-corrected chi connectivity index (χ4v) is 3.69. The number of nitrogens with zero attached hydrogens (tertiary/aromatic N) is 2. The summed E-state index contributed by atoms with van der Waals surface area (Å²) in [7, 11) is -3.64. The van der Waals surface area contributed by atoms with Gasteiger partial charge in [0, 0.05) is 19.2 Å². The largest absolute Gasteiger partial charge is 0.451 e. The molecule has 1 aromatic heterocycles. The Morgan fingerprint density at radius 1 is 1.43 bits per heavy atom. The summed E-state index contributed by atoms with van der Waals surface area (Å²) in [6.45, 7) is 2.24. The number of carbonyl (C=O) groups excluding carboxylic acids is 1. The fourth-order valence-electron chi connectivity index (χ4n) is 2.64. The van der Waals surface area contributed by atoms with E-state index in [1.54, 1.807) is 17.0 Å². The van der Waals surface area contributed by atoms with Crippen LogP contribution in [0.4, 0.5) is 5.69 Å². The first-order valence-electron chi connectivity index (χ1n) is 7.25. The Hall–Kier alpha value is -2.19. The molecule has 1 aromatic carbocycles. The van der Waals surface area contributed by atoms with E-state index in [-0.39, 0.29) is 17.3 Å². The summed E-state index contributed by atoms with van der Waals surface area (Å²) in [5.41, 5.74) is 2.17. The molecule has 0 unspecified atom stereocenters. The number of anilines is 1. The van der Waals surface area contributed by atoms with E-state index < -0.39 is 10.0 Å². The molecule has 0 saturated heterocycles. The maximum Gasteiger partial charge on any atom is 0.240 e. The topological polar surface area (TPSA) is 92.5 Å². The molecule has 0 atom stereocenters. The first-order valence-corrected chi connectivity index (χ1v) is 8.73. The van der Waals surface area contributed by atoms with Crippen LogP contribution < -0.4 is 9.62 Å². The minimum Gasteiger partial charge on any atom is -0.451 e. The standard InChI is InChI=1S/C15H17N3O4S/c1-11(19)18-6-2-3-12-7-14(4-5-15(12)18)23(20,21)17-8-13-9-22-10-16-13/h4-5,7,9-10,17H,2-3,6,8H2,1H3. The molecule has 1 aliphatic heterocycles. The SMILES string of the molecule is CC(=O)N1CCCc2cc(S(=O)(=O)NCc3cocn3)ccc21. The number of aromatic nitrogens is 1. The maximum absolute atomic E-state index is 12.4. The van der Waals surface area contributed by atoms with Gasteiger partial charge in [0.1, 0.15) is 6.26 Å². The van der Waals surface area contributed by atoms with Crippen molar-refractivity contribution >= 4 is 21.6 Å². The maximum atomic E-state index is 12.4. The molecule has 2 heterocycles. The highest BCUT2D eigenvalue weighted by Gasteiger charge is 2.23. The third-order valence-corrected chi connectivity index (χ3v) is 5.19. The van der Waals surface area contributed by atoms with Gasteiger partial charge in [0.25, 0.3) is 0 Å². The summed E-state index contributed by atoms with van der Waals surface area (Å²) in [4.78, 5) is 17.4. The van der Waals surface area contributed by atoms with Gasteiger partial charge in [-0.05, 0) is 36.6 Å². The highest BCUT2D eigenvalue weighted by molar-refractivity contribution is 7.89. The minimum atomic E-state index is -3.64. The summed E-state index contributed by atoms with van der Waals surface area (Å²) >= 11 is 0. The van der Waals surface area contributed by atoms with Gasteiger partial charge in [-0.3, -0.25) is 4.79 Å². The number of sulfonamides is 1. The Kier molecular flexibility index (Phi) is 4.18. The molecule has 122 valence electrons. The van der Waals surface area contributed by atoms with Crippen molar-refractivity contribution in [3.05, 3.63) is 42.1 Å². The molecule has 0 bridgehead atoms. The van der Waals surface area contributed by atoms with Crippen molar-refractivity contribution in [2.75, 3.05) is 11.4 Å². The lowest BCUT2D eigenvalue weighted by Crippen LogP contribution is -2.33. The Balaban J connectivity index is 1.84. The number of carbonyl (C=O) groups is 1. The molecule has 0 spiro atoms. The predicted octanol–water partition coefficient (Wildman–Crippen LogP) is 1.45. The Morgan fingerprint density at radius 3 is 2.96 bits per heavy atom. The average Bonchev–Trinajstić information content (AvgIpc) is 3.05. The summed E-state index contributed by atoms with van der Waals surface area (Å²) in [5, 5.41) is 0. The van der Waals surface area contributed by atoms with Crippen LogP contribution in [0.1, 0.15) is 24.6 Å². The second-order valence-electron chi connectivity index (χ2n) is 5.37. The average molecular weight is 335 g/mol. The fraction of sp³-hybridized carbons (Fsp3) is 0.333. The molecule has 0 fully saturated rings. The quantitative estimate of drug-likeness (QED) is 0.913. The van der Waals surface area contributed by atoms with E-state index in [1.165, 1.54) is 25.6 Å². The zero-order valence-electron chi connectivity index (χ0n) is 12.7. The first kappa shape index (κ1) is 15.7. The summed E-state index contributed by atoms with van der Waals surface area (Å²) < 4.78 is 32.1. The number of hydrogen-bond donors (Lipinski definition) is 1. The molecular formula is C15H17N3O4S. The Morgan fingerprint density at radius 2 is 2.26 bits per heavy atom. The van der Waals surface area contributed by atoms with Crippen LogP contribution in [0.2, 0.25) is 0 Å². The van der Waals surface area contributed by atoms with E-state index in [0.717, 1.165) is 24.1 Å². The normalized spacial score (nSPS) is 14.6. The lowest BCUT2D eigenvalue weighted by atomic mass is 10.0. The van der Waals surface area contributed by atoms with Crippen LogP contribution in [0.5, 0.6) is 0 Å². The second-order valence-corrected chi connectivity index (χ2v) is 7.14. The van der Waals surface area contributed by atoms with E-state index in [2.05, 4.69) is 9.71 Å². The zero-order chi connectivity index (χ0) is 16.4. The first-order chi connectivity index (χ1) is 11.0. The van der Waals surface area contributed by atoms with Crippen LogP contribution in [-0.4, -0.2) is 25.9 Å². The van der Waals surface area contributed by atoms with Crippen LogP contribution in [0.15, 0.2) is 40.2 Å². The molecule has 1 amide bonds. The summed E-state index contributed by atoms with van der Waals surface area (Å²) in [6, 6.07) is 4.85. The highest BCUT2D eigenvalue weighted by atomic mass is 32.2. The van der Waals surface area contributed by atoms with E-state index in [1.807, 2.05) is 0 Å². The van der Waals surface area contributed by atoms with Gasteiger partial charge in [-0.2, -0.15) is 0 Å². The van der Waals surface area contributed by atoms with Crippen LogP contribution in [0.25, 0.3) is 0 Å². The molecule has 0 saturated carbocycles. The molecular weight excluding hydrogens is 318 g/mol. The summed E-state index contributed by atoms with van der Waals surface area (Å²) in [6.07, 6.45) is 4.22. The number of amides is 1. The molecule has 1 N–H and O–H groups in total. The van der Waals surface area contributed by atoms with Crippen molar-refractivity contribution < 1.29 is 17.6 Å². The van der Waals surface area contributed by atoms with E-state index in [9.17, 15) is 13.2 Å². The van der Waals surface area contributed by atoms with Crippen molar-refractivity contribution in [3.63, 3.8) is 0 Å². The monoisotopic (exact) mass is 335 g/mol. The van der Waals surface area contributed by atoms with E-state index in [4.69, 9.17) is 4.42 Å². The van der Waals surface area contributed by atoms with Crippen molar-refractivity contribution in [1.82, 2.24) is 9.71 Å². The van der Waals surface area contributed by atoms with Crippen LogP contribution >= 0.6 is 0 Å². The van der Waals surface area contributed by atoms with Crippen LogP contribution in [0, 0.1) is 0 Å². The third-order valence-electron chi connectivity index (χ3n) is 3.79. The minimum absolute atomic E-state index is 0.0364. The molecule has 8 heteroatoms. The Labute approximate surface area is 134 Å². The van der Waals surface area contributed by atoms with Crippen LogP contribution in [0.3, 0.4) is 0 Å². The number of benzene rings is 1. The number of hydrogen-bond acceptors (Lipinski definition) is 5. The van der Waals surface area contributed by atoms with Gasteiger partial charge >= 0.3 is 0 Å². The number of oxazole rings is 1. The molecule has 2 aromatic rings. The van der Waals surface area contributed by atoms with Gasteiger partial charge in [0.05, 0.1) is 17.1 Å². The zero-order valence-corrected chi connectivity index (χ0v) is 13.5. The summed E-state index contributed by atoms with van der Waals surface area (Å²) in [5.74, 6) is -0.0364. The predicted molar refractivity (Wildman–Crippen MR) is 83.3 cm³/mol. The molecule has 1 aliphatic rings. The van der Waals surface area contributed by atoms with Gasteiger partial charge in [-0.25, -0.2) is 18.1 Å².